The van der Waals surface area contributed by atoms with Crippen LogP contribution < -0.4 is 15.2 Å². The van der Waals surface area contributed by atoms with Crippen LogP contribution >= 0.6 is 0 Å². The van der Waals surface area contributed by atoms with Crippen LogP contribution in [0.3, 0.4) is 0 Å². The second kappa shape index (κ2) is 13.1. The van der Waals surface area contributed by atoms with Crippen LogP contribution in [0.1, 0.15) is 64.2 Å². The number of aliphatic imine (C=N–C) groups is 1. The molecule has 9 nitrogen and oxygen atoms in total. The molecule has 0 spiro atoms. The Kier molecular flexibility index (Phi) is 10.2. The van der Waals surface area contributed by atoms with Crippen LogP contribution in [0.5, 0.6) is 0 Å². The minimum atomic E-state index is -3.48. The lowest BCUT2D eigenvalue weighted by atomic mass is 9.96. The van der Waals surface area contributed by atoms with E-state index >= 15 is 0 Å². The Bertz CT molecular complexity index is 1230. The van der Waals surface area contributed by atoms with Crippen LogP contribution in [-0.4, -0.2) is 35.0 Å². The van der Waals surface area contributed by atoms with Gasteiger partial charge in [-0.2, -0.15) is 4.99 Å². The van der Waals surface area contributed by atoms with Crippen LogP contribution in [0.4, 0.5) is 11.4 Å². The summed E-state index contributed by atoms with van der Waals surface area (Å²) in [6.07, 6.45) is 11.8. The highest BCUT2D eigenvalue weighted by Crippen LogP contribution is 2.22. The number of hydrogen-bond donors (Lipinski definition) is 3. The first-order valence-corrected chi connectivity index (χ1v) is 15.2. The van der Waals surface area contributed by atoms with Crippen LogP contribution in [-0.2, 0) is 24.8 Å². The Hall–Kier alpha value is -2.56. The van der Waals surface area contributed by atoms with Crippen molar-refractivity contribution in [1.82, 2.24) is 9.44 Å². The van der Waals surface area contributed by atoms with Gasteiger partial charge in [-0.25, -0.2) is 31.1 Å². The third-order valence-electron chi connectivity index (χ3n) is 6.37. The van der Waals surface area contributed by atoms with Gasteiger partial charge in [0.05, 0.1) is 15.5 Å². The summed E-state index contributed by atoms with van der Waals surface area (Å²) in [4.78, 5) is 14.0. The molecule has 2 aliphatic rings. The van der Waals surface area contributed by atoms with Gasteiger partial charge in [-0.3, -0.25) is 0 Å². The standard InChI is InChI=1S/C13H16N2O3S.C12H18N2O2S/c16-10-14-11-6-8-13(9-7-11)19(17,18)15-12-4-2-1-3-5-12;13-10-6-8-12(9-7-10)17(15,16)14-11-4-2-1-3-5-11/h6-9,12,15H,1-5H2;6-9,11,14H,1-5,13H2. The highest BCUT2D eigenvalue weighted by Gasteiger charge is 2.22. The molecule has 2 fully saturated rings. The Morgan fingerprint density at radius 1 is 0.667 bits per heavy atom. The van der Waals surface area contributed by atoms with Crippen molar-refractivity contribution in [2.24, 2.45) is 4.99 Å². The van der Waals surface area contributed by atoms with E-state index in [1.54, 1.807) is 24.3 Å². The molecule has 2 aliphatic carbocycles. The molecule has 0 aromatic heterocycles. The number of isocyanates is 1. The van der Waals surface area contributed by atoms with Gasteiger partial charge in [0.15, 0.2) is 0 Å². The van der Waals surface area contributed by atoms with Crippen molar-refractivity contribution < 1.29 is 21.6 Å². The number of nitrogens with one attached hydrogen (secondary N) is 2. The summed E-state index contributed by atoms with van der Waals surface area (Å²) in [5.41, 5.74) is 6.50. The SMILES string of the molecule is Nc1ccc(S(=O)(=O)NC2CCCCC2)cc1.O=C=Nc1ccc(S(=O)(=O)NC2CCCCC2)cc1. The Morgan fingerprint density at radius 3 is 1.44 bits per heavy atom. The molecule has 196 valence electrons. The molecule has 4 rings (SSSR count). The topological polar surface area (TPSA) is 148 Å². The minimum Gasteiger partial charge on any atom is -0.399 e. The third kappa shape index (κ3) is 8.53. The summed E-state index contributed by atoms with van der Waals surface area (Å²) in [5, 5.41) is 0. The summed E-state index contributed by atoms with van der Waals surface area (Å²) >= 11 is 0. The van der Waals surface area contributed by atoms with E-state index in [1.807, 2.05) is 0 Å². The molecule has 0 heterocycles. The van der Waals surface area contributed by atoms with Gasteiger partial charge in [-0.05, 0) is 74.2 Å². The molecule has 0 bridgehead atoms. The molecule has 2 aromatic carbocycles. The van der Waals surface area contributed by atoms with Crippen molar-refractivity contribution in [2.45, 2.75) is 86.1 Å². The lowest BCUT2D eigenvalue weighted by molar-refractivity contribution is 0.412. The molecule has 0 saturated heterocycles. The predicted octanol–water partition coefficient (Wildman–Crippen LogP) is 4.14. The number of nitrogens with two attached hydrogens (primary N) is 1. The van der Waals surface area contributed by atoms with E-state index in [0.29, 0.717) is 11.4 Å². The largest absolute Gasteiger partial charge is 0.399 e. The fourth-order valence-corrected chi connectivity index (χ4v) is 7.03. The van der Waals surface area contributed by atoms with Crippen LogP contribution in [0, 0.1) is 0 Å². The zero-order chi connectivity index (χ0) is 26.0. The number of sulfonamides is 2. The van der Waals surface area contributed by atoms with E-state index in [4.69, 9.17) is 5.73 Å². The van der Waals surface area contributed by atoms with E-state index in [-0.39, 0.29) is 21.9 Å². The van der Waals surface area contributed by atoms with Gasteiger partial charge in [-0.15, -0.1) is 0 Å². The molecule has 0 amide bonds. The lowest BCUT2D eigenvalue weighted by Crippen LogP contribution is -2.36. The second-order valence-corrected chi connectivity index (χ2v) is 12.6. The molecule has 2 aromatic rings. The minimum absolute atomic E-state index is 0.0337. The van der Waals surface area contributed by atoms with E-state index in [1.165, 1.54) is 43.2 Å². The first kappa shape index (κ1) is 28.0. The Labute approximate surface area is 213 Å². The predicted molar refractivity (Wildman–Crippen MR) is 139 cm³/mol. The van der Waals surface area contributed by atoms with Gasteiger partial charge in [0.25, 0.3) is 0 Å². The van der Waals surface area contributed by atoms with E-state index < -0.39 is 20.0 Å². The first-order chi connectivity index (χ1) is 17.2. The van der Waals surface area contributed by atoms with Crippen molar-refractivity contribution in [3.8, 4) is 0 Å². The molecule has 36 heavy (non-hydrogen) atoms. The molecule has 2 saturated carbocycles. The number of benzene rings is 2. The Balaban J connectivity index is 0.000000202. The maximum atomic E-state index is 12.2. The van der Waals surface area contributed by atoms with E-state index in [9.17, 15) is 21.6 Å². The van der Waals surface area contributed by atoms with Crippen LogP contribution in [0.2, 0.25) is 0 Å². The summed E-state index contributed by atoms with van der Waals surface area (Å²) in [7, 11) is -6.86. The zero-order valence-corrected chi connectivity index (χ0v) is 21.9. The first-order valence-electron chi connectivity index (χ1n) is 12.3. The monoisotopic (exact) mass is 534 g/mol. The maximum Gasteiger partial charge on any atom is 0.240 e. The maximum absolute atomic E-state index is 12.2. The summed E-state index contributed by atoms with van der Waals surface area (Å²) in [6, 6.07) is 12.3. The molecule has 0 radical (unpaired) electrons. The van der Waals surface area contributed by atoms with Crippen molar-refractivity contribution in [1.29, 1.82) is 0 Å². The van der Waals surface area contributed by atoms with Gasteiger partial charge < -0.3 is 5.73 Å². The van der Waals surface area contributed by atoms with Crippen LogP contribution in [0.15, 0.2) is 63.3 Å². The van der Waals surface area contributed by atoms with E-state index in [2.05, 4.69) is 14.4 Å². The summed E-state index contributed by atoms with van der Waals surface area (Å²) in [6.45, 7) is 0. The highest BCUT2D eigenvalue weighted by molar-refractivity contribution is 7.89. The second-order valence-electron chi connectivity index (χ2n) is 9.18. The summed E-state index contributed by atoms with van der Waals surface area (Å²) in [5.74, 6) is 0. The molecule has 4 N–H and O–H groups in total. The molecule has 0 aliphatic heterocycles. The van der Waals surface area contributed by atoms with Crippen molar-refractivity contribution >= 4 is 37.5 Å². The quantitative estimate of drug-likeness (QED) is 0.276. The number of hydrogen-bond acceptors (Lipinski definition) is 7. The molecular formula is C25H34N4O5S2. The number of rotatable bonds is 7. The van der Waals surface area contributed by atoms with Gasteiger partial charge >= 0.3 is 0 Å². The molecule has 0 atom stereocenters. The zero-order valence-electron chi connectivity index (χ0n) is 20.2. The molecule has 11 heteroatoms. The van der Waals surface area contributed by atoms with Crippen molar-refractivity contribution in [3.05, 3.63) is 48.5 Å². The van der Waals surface area contributed by atoms with Gasteiger partial charge in [0, 0.05) is 17.8 Å². The third-order valence-corrected chi connectivity index (χ3v) is 9.44. The van der Waals surface area contributed by atoms with Crippen molar-refractivity contribution in [2.75, 3.05) is 5.73 Å². The lowest BCUT2D eigenvalue weighted by Gasteiger charge is -2.22. The smallest absolute Gasteiger partial charge is 0.240 e. The van der Waals surface area contributed by atoms with E-state index in [0.717, 1.165) is 51.4 Å². The average Bonchev–Trinajstić information content (AvgIpc) is 2.86. The van der Waals surface area contributed by atoms with Gasteiger partial charge in [0.1, 0.15) is 0 Å². The van der Waals surface area contributed by atoms with Gasteiger partial charge in [-0.1, -0.05) is 38.5 Å². The Morgan fingerprint density at radius 2 is 1.06 bits per heavy atom. The fraction of sp³-hybridized carbons (Fsp3) is 0.480. The number of anilines is 1. The van der Waals surface area contributed by atoms with Crippen LogP contribution in [0.25, 0.3) is 0 Å². The molecular weight excluding hydrogens is 500 g/mol. The number of carbonyl (C=O) groups excluding carboxylic acids is 1. The summed E-state index contributed by atoms with van der Waals surface area (Å²) < 4.78 is 53.9. The van der Waals surface area contributed by atoms with Crippen molar-refractivity contribution in [3.63, 3.8) is 0 Å². The highest BCUT2D eigenvalue weighted by atomic mass is 32.2. The van der Waals surface area contributed by atoms with Gasteiger partial charge in [0.2, 0.25) is 26.1 Å². The number of nitrogens with zero attached hydrogens (tertiary/aromatic N) is 1. The number of nitrogen functional groups attached to an aromatic ring is 1. The molecule has 0 unspecified atom stereocenters. The average molecular weight is 535 g/mol. The normalized spacial score (nSPS) is 17.4. The fourth-order valence-electron chi connectivity index (χ4n) is 4.42.